The number of benzene rings is 1. The normalized spacial score (nSPS) is 11.1. The lowest BCUT2D eigenvalue weighted by Gasteiger charge is -2.02. The van der Waals surface area contributed by atoms with E-state index in [1.807, 2.05) is 24.4 Å². The van der Waals surface area contributed by atoms with Gasteiger partial charge < -0.3 is 0 Å². The standard InChI is InChI=1S/C17H12N4O3S/c1-10-16(14-6-3-7-25-14)17-18-13(9-15(22)20(17)19-10)11-4-2-5-12(8-11)21(23)24/h2-9,19H,1H3. The van der Waals surface area contributed by atoms with Crippen LogP contribution in [0.2, 0.25) is 0 Å². The molecule has 0 aliphatic carbocycles. The lowest BCUT2D eigenvalue weighted by Crippen LogP contribution is -2.14. The highest BCUT2D eigenvalue weighted by Gasteiger charge is 2.16. The number of hydrogen-bond donors (Lipinski definition) is 1. The highest BCUT2D eigenvalue weighted by atomic mass is 32.1. The van der Waals surface area contributed by atoms with Gasteiger partial charge in [-0.2, -0.15) is 0 Å². The molecule has 1 N–H and O–H groups in total. The smallest absolute Gasteiger partial charge is 0.273 e. The van der Waals surface area contributed by atoms with Crippen LogP contribution in [0.3, 0.4) is 0 Å². The Balaban J connectivity index is 1.98. The Morgan fingerprint density at radius 2 is 2.08 bits per heavy atom. The molecule has 1 aromatic carbocycles. The Morgan fingerprint density at radius 1 is 1.24 bits per heavy atom. The summed E-state index contributed by atoms with van der Waals surface area (Å²) in [5.41, 5.74) is 2.84. The van der Waals surface area contributed by atoms with Crippen molar-refractivity contribution in [3.8, 4) is 21.7 Å². The SMILES string of the molecule is Cc1[nH]n2c(=O)cc(-c3cccc([N+](=O)[O-])c3)nc2c1-c1cccs1. The third kappa shape index (κ3) is 2.52. The maximum atomic E-state index is 12.5. The number of nitrogens with zero attached hydrogens (tertiary/aromatic N) is 3. The van der Waals surface area contributed by atoms with Gasteiger partial charge in [0.2, 0.25) is 0 Å². The van der Waals surface area contributed by atoms with Crippen molar-refractivity contribution in [2.75, 3.05) is 0 Å². The summed E-state index contributed by atoms with van der Waals surface area (Å²) in [6.45, 7) is 1.89. The molecule has 0 unspecified atom stereocenters. The van der Waals surface area contributed by atoms with Crippen LogP contribution in [0, 0.1) is 17.0 Å². The summed E-state index contributed by atoms with van der Waals surface area (Å²) >= 11 is 1.56. The quantitative estimate of drug-likeness (QED) is 0.450. The number of non-ortho nitro benzene ring substituents is 1. The number of aromatic amines is 1. The third-order valence-electron chi connectivity index (χ3n) is 3.92. The van der Waals surface area contributed by atoms with Crippen molar-refractivity contribution < 1.29 is 4.92 Å². The van der Waals surface area contributed by atoms with Crippen molar-refractivity contribution in [2.45, 2.75) is 6.92 Å². The van der Waals surface area contributed by atoms with Gasteiger partial charge in [-0.3, -0.25) is 20.0 Å². The fourth-order valence-electron chi connectivity index (χ4n) is 2.79. The van der Waals surface area contributed by atoms with Gasteiger partial charge in [0.05, 0.1) is 16.2 Å². The molecule has 4 aromatic rings. The Labute approximate surface area is 145 Å². The first kappa shape index (κ1) is 15.3. The van der Waals surface area contributed by atoms with Crippen molar-refractivity contribution >= 4 is 22.7 Å². The highest BCUT2D eigenvalue weighted by Crippen LogP contribution is 2.31. The number of thiophene rings is 1. The van der Waals surface area contributed by atoms with Crippen LogP contribution in [-0.2, 0) is 0 Å². The molecular formula is C17H12N4O3S. The van der Waals surface area contributed by atoms with E-state index in [1.54, 1.807) is 23.5 Å². The van der Waals surface area contributed by atoms with Crippen molar-refractivity contribution in [2.24, 2.45) is 0 Å². The van der Waals surface area contributed by atoms with Crippen molar-refractivity contribution in [3.05, 3.63) is 74.0 Å². The molecule has 3 aromatic heterocycles. The van der Waals surface area contributed by atoms with E-state index in [0.717, 1.165) is 16.1 Å². The van der Waals surface area contributed by atoms with Crippen LogP contribution in [0.15, 0.2) is 52.6 Å². The maximum Gasteiger partial charge on any atom is 0.273 e. The molecule has 0 radical (unpaired) electrons. The molecule has 25 heavy (non-hydrogen) atoms. The van der Waals surface area contributed by atoms with Crippen LogP contribution < -0.4 is 5.56 Å². The number of nitro benzene ring substituents is 1. The predicted octanol–water partition coefficient (Wildman–Crippen LogP) is 3.63. The molecule has 0 saturated heterocycles. The molecule has 7 nitrogen and oxygen atoms in total. The minimum Gasteiger partial charge on any atom is -0.293 e. The largest absolute Gasteiger partial charge is 0.293 e. The number of aryl methyl sites for hydroxylation is 1. The van der Waals surface area contributed by atoms with Gasteiger partial charge in [-0.05, 0) is 18.4 Å². The van der Waals surface area contributed by atoms with Gasteiger partial charge in [0.15, 0.2) is 5.65 Å². The number of rotatable bonds is 3. The monoisotopic (exact) mass is 352 g/mol. The molecule has 0 fully saturated rings. The summed E-state index contributed by atoms with van der Waals surface area (Å²) in [6.07, 6.45) is 0. The van der Waals surface area contributed by atoms with Gasteiger partial charge in [0.1, 0.15) is 0 Å². The molecule has 4 rings (SSSR count). The molecule has 3 heterocycles. The van der Waals surface area contributed by atoms with Crippen LogP contribution >= 0.6 is 11.3 Å². The first-order valence-electron chi connectivity index (χ1n) is 7.45. The van der Waals surface area contributed by atoms with E-state index in [1.165, 1.54) is 22.7 Å². The second-order valence-electron chi connectivity index (χ2n) is 5.54. The summed E-state index contributed by atoms with van der Waals surface area (Å²) in [4.78, 5) is 28.6. The van der Waals surface area contributed by atoms with Gasteiger partial charge in [-0.1, -0.05) is 18.2 Å². The average molecular weight is 352 g/mol. The summed E-state index contributed by atoms with van der Waals surface area (Å²) in [7, 11) is 0. The maximum absolute atomic E-state index is 12.5. The van der Waals surface area contributed by atoms with Gasteiger partial charge in [0, 0.05) is 34.3 Å². The molecular weight excluding hydrogens is 340 g/mol. The number of H-pyrrole nitrogens is 1. The Hall–Kier alpha value is -3.26. The van der Waals surface area contributed by atoms with Crippen molar-refractivity contribution in [1.82, 2.24) is 14.6 Å². The zero-order valence-corrected chi connectivity index (χ0v) is 13.9. The molecule has 8 heteroatoms. The minimum absolute atomic E-state index is 0.0387. The molecule has 0 atom stereocenters. The molecule has 0 spiro atoms. The third-order valence-corrected chi connectivity index (χ3v) is 4.80. The molecule has 0 aliphatic rings. The van der Waals surface area contributed by atoms with E-state index in [9.17, 15) is 14.9 Å². The van der Waals surface area contributed by atoms with E-state index >= 15 is 0 Å². The number of aromatic nitrogens is 3. The van der Waals surface area contributed by atoms with Gasteiger partial charge in [0.25, 0.3) is 11.2 Å². The van der Waals surface area contributed by atoms with Crippen LogP contribution in [0.1, 0.15) is 5.69 Å². The van der Waals surface area contributed by atoms with Gasteiger partial charge in [-0.15, -0.1) is 11.3 Å². The van der Waals surface area contributed by atoms with E-state index < -0.39 is 4.92 Å². The van der Waals surface area contributed by atoms with Crippen molar-refractivity contribution in [3.63, 3.8) is 0 Å². The summed E-state index contributed by atoms with van der Waals surface area (Å²) in [6, 6.07) is 11.4. The zero-order valence-electron chi connectivity index (χ0n) is 13.1. The van der Waals surface area contributed by atoms with Gasteiger partial charge in [-0.25, -0.2) is 9.50 Å². The zero-order chi connectivity index (χ0) is 17.6. The number of nitro groups is 1. The first-order valence-corrected chi connectivity index (χ1v) is 8.33. The van der Waals surface area contributed by atoms with Gasteiger partial charge >= 0.3 is 0 Å². The van der Waals surface area contributed by atoms with Crippen LogP contribution in [0.25, 0.3) is 27.3 Å². The summed E-state index contributed by atoms with van der Waals surface area (Å²) in [5, 5.41) is 16.0. The minimum atomic E-state index is -0.466. The lowest BCUT2D eigenvalue weighted by atomic mass is 10.1. The number of nitrogens with one attached hydrogen (secondary N) is 1. The van der Waals surface area contributed by atoms with E-state index in [-0.39, 0.29) is 11.2 Å². The molecule has 0 saturated carbocycles. The topological polar surface area (TPSA) is 93.3 Å². The fraction of sp³-hybridized carbons (Fsp3) is 0.0588. The van der Waals surface area contributed by atoms with Crippen molar-refractivity contribution in [1.29, 1.82) is 0 Å². The molecule has 0 bridgehead atoms. The van der Waals surface area contributed by atoms with Crippen LogP contribution in [0.4, 0.5) is 5.69 Å². The number of hydrogen-bond acceptors (Lipinski definition) is 5. The Morgan fingerprint density at radius 3 is 2.80 bits per heavy atom. The first-order chi connectivity index (χ1) is 12.0. The Bertz CT molecular complexity index is 1160. The molecule has 0 amide bonds. The average Bonchev–Trinajstić information content (AvgIpc) is 3.22. The highest BCUT2D eigenvalue weighted by molar-refractivity contribution is 7.13. The number of fused-ring (bicyclic) bond motifs is 1. The van der Waals surface area contributed by atoms with Crippen LogP contribution in [-0.4, -0.2) is 19.5 Å². The van der Waals surface area contributed by atoms with Crippen LogP contribution in [0.5, 0.6) is 0 Å². The second-order valence-corrected chi connectivity index (χ2v) is 6.48. The summed E-state index contributed by atoms with van der Waals surface area (Å²) in [5.74, 6) is 0. The molecule has 124 valence electrons. The fourth-order valence-corrected chi connectivity index (χ4v) is 3.61. The van der Waals surface area contributed by atoms with E-state index in [4.69, 9.17) is 0 Å². The van der Waals surface area contributed by atoms with E-state index in [0.29, 0.717) is 16.9 Å². The lowest BCUT2D eigenvalue weighted by molar-refractivity contribution is -0.384. The molecule has 0 aliphatic heterocycles. The summed E-state index contributed by atoms with van der Waals surface area (Å²) < 4.78 is 1.39. The predicted molar refractivity (Wildman–Crippen MR) is 96.0 cm³/mol. The van der Waals surface area contributed by atoms with E-state index in [2.05, 4.69) is 10.1 Å². The Kier molecular flexibility index (Phi) is 3.47. The second kappa shape index (κ2) is 5.67.